The zero-order chi connectivity index (χ0) is 15.1. The van der Waals surface area contributed by atoms with Crippen LogP contribution in [-0.4, -0.2) is 63.2 Å². The van der Waals surface area contributed by atoms with Crippen LogP contribution in [0.5, 0.6) is 0 Å². The number of fused-ring (bicyclic) bond motifs is 1. The Labute approximate surface area is 120 Å². The maximum atomic E-state index is 11.7. The van der Waals surface area contributed by atoms with Gasteiger partial charge in [-0.25, -0.2) is 9.86 Å². The number of β-lactam (4-membered cyclic amide) rings is 1. The van der Waals surface area contributed by atoms with E-state index in [1.54, 1.807) is 13.0 Å². The van der Waals surface area contributed by atoms with Crippen LogP contribution in [0.2, 0.25) is 0 Å². The van der Waals surface area contributed by atoms with Crippen molar-refractivity contribution < 1.29 is 24.3 Å². The summed E-state index contributed by atoms with van der Waals surface area (Å²) in [5, 5.41) is 10.3. The fourth-order valence-electron chi connectivity index (χ4n) is 2.37. The zero-order valence-corrected chi connectivity index (χ0v) is 12.2. The number of hydroxylamine groups is 2. The Morgan fingerprint density at radius 1 is 1.60 bits per heavy atom. The van der Waals surface area contributed by atoms with Gasteiger partial charge in [0.2, 0.25) is 5.91 Å². The van der Waals surface area contributed by atoms with Crippen molar-refractivity contribution in [3.8, 4) is 0 Å². The lowest BCUT2D eigenvalue weighted by Crippen LogP contribution is -2.57. The molecule has 0 saturated carbocycles. The highest BCUT2D eigenvalue weighted by Crippen LogP contribution is 2.51. The monoisotopic (exact) mass is 300 g/mol. The summed E-state index contributed by atoms with van der Waals surface area (Å²) in [5.41, 5.74) is 0. The summed E-state index contributed by atoms with van der Waals surface area (Å²) < 4.78 is -0.826. The van der Waals surface area contributed by atoms with Gasteiger partial charge in [-0.15, -0.1) is 11.8 Å². The molecular weight excluding hydrogens is 284 g/mol. The highest BCUT2D eigenvalue weighted by molar-refractivity contribution is 8.01. The van der Waals surface area contributed by atoms with Crippen LogP contribution in [0.1, 0.15) is 13.3 Å². The van der Waals surface area contributed by atoms with E-state index in [2.05, 4.69) is 0 Å². The third-order valence-electron chi connectivity index (χ3n) is 3.53. The average molecular weight is 300 g/mol. The first-order valence-corrected chi connectivity index (χ1v) is 6.91. The second-order valence-corrected chi connectivity index (χ2v) is 6.51. The van der Waals surface area contributed by atoms with Crippen molar-refractivity contribution in [1.82, 2.24) is 9.96 Å². The molecule has 7 nitrogen and oxygen atoms in total. The van der Waals surface area contributed by atoms with Gasteiger partial charge in [-0.3, -0.25) is 14.4 Å². The molecule has 0 radical (unpaired) electrons. The number of rotatable bonds is 4. The van der Waals surface area contributed by atoms with Gasteiger partial charge in [-0.2, -0.15) is 0 Å². The summed E-state index contributed by atoms with van der Waals surface area (Å²) in [5.74, 6) is -1.61. The maximum absolute atomic E-state index is 11.7. The van der Waals surface area contributed by atoms with Crippen molar-refractivity contribution in [3.63, 3.8) is 0 Å². The number of aliphatic carboxylic acids is 1. The Bertz CT molecular complexity index is 494. The second kappa shape index (κ2) is 5.10. The molecule has 0 aromatic rings. The van der Waals surface area contributed by atoms with Crippen LogP contribution in [-0.2, 0) is 19.2 Å². The normalized spacial score (nSPS) is 32.1. The first-order chi connectivity index (χ1) is 9.30. The fraction of sp³-hybridized carbons (Fsp3) is 0.583. The predicted octanol–water partition coefficient (Wildman–Crippen LogP) is 0.0795. The Morgan fingerprint density at radius 3 is 2.75 bits per heavy atom. The van der Waals surface area contributed by atoms with Gasteiger partial charge >= 0.3 is 5.97 Å². The largest absolute Gasteiger partial charge is 0.480 e. The number of likely N-dealkylation sites (N-methyl/N-ethyl adjacent to an activating group) is 1. The van der Waals surface area contributed by atoms with Gasteiger partial charge in [0, 0.05) is 13.1 Å². The van der Waals surface area contributed by atoms with Gasteiger partial charge in [-0.1, -0.05) is 6.08 Å². The molecule has 2 aliphatic rings. The summed E-state index contributed by atoms with van der Waals surface area (Å²) in [7, 11) is 2.82. The first-order valence-electron chi connectivity index (χ1n) is 6.03. The molecule has 0 aromatic carbocycles. The minimum Gasteiger partial charge on any atom is -0.480 e. The molecule has 0 spiro atoms. The molecule has 0 bridgehead atoms. The Kier molecular flexibility index (Phi) is 3.79. The van der Waals surface area contributed by atoms with Gasteiger partial charge < -0.3 is 10.0 Å². The molecule has 2 fully saturated rings. The highest BCUT2D eigenvalue weighted by atomic mass is 32.2. The lowest BCUT2D eigenvalue weighted by molar-refractivity contribution is -0.162. The summed E-state index contributed by atoms with van der Waals surface area (Å²) in [6.45, 7) is 1.72. The van der Waals surface area contributed by atoms with Crippen LogP contribution < -0.4 is 0 Å². The summed E-state index contributed by atoms with van der Waals surface area (Å²) in [6.07, 6.45) is 3.17. The van der Waals surface area contributed by atoms with Crippen LogP contribution in [0.4, 0.5) is 0 Å². The standard InChI is InChI=1S/C12H16N2O5S/c1-12(5-4-7(15)13(2)19-3)10(11(17)18)14-8(16)6-9(14)20-12/h4-5,9-10H,6H2,1-3H3,(H,17,18)/t9-,10+,12+/m1/s1. The van der Waals surface area contributed by atoms with Gasteiger partial charge in [0.15, 0.2) is 0 Å². The fourth-order valence-corrected chi connectivity index (χ4v) is 4.02. The lowest BCUT2D eigenvalue weighted by atomic mass is 9.96. The second-order valence-electron chi connectivity index (χ2n) is 4.85. The van der Waals surface area contributed by atoms with E-state index in [9.17, 15) is 19.5 Å². The number of thioether (sulfide) groups is 1. The van der Waals surface area contributed by atoms with Crippen molar-refractivity contribution in [1.29, 1.82) is 0 Å². The molecule has 0 aromatic heterocycles. The van der Waals surface area contributed by atoms with Crippen LogP contribution in [0.3, 0.4) is 0 Å². The Balaban J connectivity index is 2.20. The number of carbonyl (C=O) groups is 3. The van der Waals surface area contributed by atoms with Crippen molar-refractivity contribution in [3.05, 3.63) is 12.2 Å². The van der Waals surface area contributed by atoms with Crippen molar-refractivity contribution in [2.45, 2.75) is 29.5 Å². The van der Waals surface area contributed by atoms with Crippen molar-refractivity contribution >= 4 is 29.5 Å². The lowest BCUT2D eigenvalue weighted by Gasteiger charge is -2.36. The van der Waals surface area contributed by atoms with E-state index in [0.717, 1.165) is 5.06 Å². The van der Waals surface area contributed by atoms with Gasteiger partial charge in [0.05, 0.1) is 23.7 Å². The van der Waals surface area contributed by atoms with E-state index in [1.807, 2.05) is 0 Å². The third-order valence-corrected chi connectivity index (χ3v) is 5.07. The number of nitrogens with zero attached hydrogens (tertiary/aromatic N) is 2. The third kappa shape index (κ3) is 2.29. The molecule has 2 amide bonds. The number of hydrogen-bond donors (Lipinski definition) is 1. The van der Waals surface area contributed by atoms with Crippen molar-refractivity contribution in [2.75, 3.05) is 14.2 Å². The molecule has 1 N–H and O–H groups in total. The van der Waals surface area contributed by atoms with E-state index in [-0.39, 0.29) is 17.2 Å². The minimum absolute atomic E-state index is 0.117. The van der Waals surface area contributed by atoms with E-state index in [1.165, 1.54) is 36.9 Å². The Hall–Kier alpha value is -1.54. The summed E-state index contributed by atoms with van der Waals surface area (Å²) in [6, 6.07) is -0.948. The molecule has 0 aliphatic carbocycles. The highest BCUT2D eigenvalue weighted by Gasteiger charge is 2.59. The van der Waals surface area contributed by atoms with Crippen LogP contribution >= 0.6 is 11.8 Å². The molecule has 2 rings (SSSR count). The van der Waals surface area contributed by atoms with Gasteiger partial charge in [0.25, 0.3) is 5.91 Å². The molecule has 0 unspecified atom stereocenters. The van der Waals surface area contributed by atoms with Crippen LogP contribution in [0.15, 0.2) is 12.2 Å². The smallest absolute Gasteiger partial charge is 0.328 e. The number of hydrogen-bond acceptors (Lipinski definition) is 5. The minimum atomic E-state index is -1.06. The number of carboxylic acids is 1. The van der Waals surface area contributed by atoms with E-state index in [0.29, 0.717) is 6.42 Å². The molecule has 2 heterocycles. The molecule has 110 valence electrons. The first kappa shape index (κ1) is 14.9. The number of amides is 2. The maximum Gasteiger partial charge on any atom is 0.328 e. The van der Waals surface area contributed by atoms with Crippen LogP contribution in [0, 0.1) is 0 Å². The topological polar surface area (TPSA) is 87.2 Å². The summed E-state index contributed by atoms with van der Waals surface area (Å²) >= 11 is 1.39. The van der Waals surface area contributed by atoms with Crippen LogP contribution in [0.25, 0.3) is 0 Å². The molecule has 2 saturated heterocycles. The predicted molar refractivity (Wildman–Crippen MR) is 71.6 cm³/mol. The number of carbonyl (C=O) groups excluding carboxylic acids is 2. The average Bonchev–Trinajstić information content (AvgIpc) is 2.63. The molecule has 8 heteroatoms. The SMILES string of the molecule is CON(C)C(=O)C=C[C@]1(C)S[C@@H]2CC(=O)N2[C@H]1C(=O)O. The van der Waals surface area contributed by atoms with E-state index in [4.69, 9.17) is 4.84 Å². The molecule has 3 atom stereocenters. The van der Waals surface area contributed by atoms with Crippen molar-refractivity contribution in [2.24, 2.45) is 0 Å². The molecule has 2 aliphatic heterocycles. The quantitative estimate of drug-likeness (QED) is 0.449. The van der Waals surface area contributed by atoms with E-state index >= 15 is 0 Å². The molecular formula is C12H16N2O5S. The summed E-state index contributed by atoms with van der Waals surface area (Å²) in [4.78, 5) is 40.8. The zero-order valence-electron chi connectivity index (χ0n) is 11.4. The number of carboxylic acid groups (broad SMARTS) is 1. The van der Waals surface area contributed by atoms with Gasteiger partial charge in [-0.05, 0) is 6.92 Å². The van der Waals surface area contributed by atoms with Gasteiger partial charge in [0.1, 0.15) is 6.04 Å². The Morgan fingerprint density at radius 2 is 2.25 bits per heavy atom. The van der Waals surface area contributed by atoms with E-state index < -0.39 is 16.8 Å². The molecule has 20 heavy (non-hydrogen) atoms.